The number of fused-ring (bicyclic) bond motifs is 1. The molecule has 0 amide bonds. The largest absolute Gasteiger partial charge is 0.357 e. The average molecular weight is 344 g/mol. The van der Waals surface area contributed by atoms with Crippen molar-refractivity contribution in [1.29, 1.82) is 0 Å². The van der Waals surface area contributed by atoms with Crippen molar-refractivity contribution in [3.05, 3.63) is 29.6 Å². The van der Waals surface area contributed by atoms with Crippen LogP contribution in [-0.4, -0.2) is 49.6 Å². The molecule has 2 N–H and O–H groups in total. The Kier molecular flexibility index (Phi) is 5.67. The van der Waals surface area contributed by atoms with Gasteiger partial charge in [0.1, 0.15) is 5.82 Å². The highest BCUT2D eigenvalue weighted by Crippen LogP contribution is 2.13. The van der Waals surface area contributed by atoms with Crippen molar-refractivity contribution < 1.29 is 0 Å². The van der Waals surface area contributed by atoms with Crippen LogP contribution < -0.4 is 10.6 Å². The molecular weight excluding hydrogens is 316 g/mol. The molecule has 8 heteroatoms. The van der Waals surface area contributed by atoms with E-state index in [1.165, 1.54) is 5.56 Å². The van der Waals surface area contributed by atoms with Crippen molar-refractivity contribution in [2.24, 2.45) is 4.99 Å². The zero-order chi connectivity index (χ0) is 17.6. The number of nitrogens with one attached hydrogen (secondary N) is 2. The second-order valence-electron chi connectivity index (χ2n) is 6.40. The maximum Gasteiger partial charge on any atom is 0.191 e. The van der Waals surface area contributed by atoms with Gasteiger partial charge < -0.3 is 10.6 Å². The monoisotopic (exact) mass is 344 g/mol. The Balaban J connectivity index is 1.56. The zero-order valence-corrected chi connectivity index (χ0v) is 15.4. The van der Waals surface area contributed by atoms with E-state index in [4.69, 9.17) is 0 Å². The summed E-state index contributed by atoms with van der Waals surface area (Å²) in [6.07, 6.45) is 6.79. The van der Waals surface area contributed by atoms with E-state index in [0.717, 1.165) is 56.5 Å². The number of guanidine groups is 1. The summed E-state index contributed by atoms with van der Waals surface area (Å²) in [4.78, 5) is 9.25. The summed E-state index contributed by atoms with van der Waals surface area (Å²) in [5.74, 6) is 2.90. The van der Waals surface area contributed by atoms with Gasteiger partial charge in [-0.3, -0.25) is 9.67 Å². The molecule has 0 spiro atoms. The van der Waals surface area contributed by atoms with Crippen molar-refractivity contribution in [1.82, 2.24) is 35.2 Å². The van der Waals surface area contributed by atoms with Crippen molar-refractivity contribution in [3.63, 3.8) is 0 Å². The molecule has 0 saturated carbocycles. The summed E-state index contributed by atoms with van der Waals surface area (Å²) < 4.78 is 3.97. The molecule has 2 aromatic heterocycles. The summed E-state index contributed by atoms with van der Waals surface area (Å²) in [5, 5.41) is 15.7. The highest BCUT2D eigenvalue weighted by atomic mass is 15.4. The predicted octanol–water partition coefficient (Wildman–Crippen LogP) is 0.916. The molecule has 136 valence electrons. The second kappa shape index (κ2) is 8.13. The van der Waals surface area contributed by atoms with Gasteiger partial charge >= 0.3 is 0 Å². The molecule has 3 rings (SSSR count). The van der Waals surface area contributed by atoms with Gasteiger partial charge in [-0.1, -0.05) is 6.92 Å². The topological polar surface area (TPSA) is 84.9 Å². The Labute approximate surface area is 148 Å². The van der Waals surface area contributed by atoms with E-state index >= 15 is 0 Å². The summed E-state index contributed by atoms with van der Waals surface area (Å²) >= 11 is 0. The molecule has 1 aliphatic rings. The minimum absolute atomic E-state index is 0.323. The number of aromatic nitrogens is 5. The van der Waals surface area contributed by atoms with Crippen molar-refractivity contribution in [2.75, 3.05) is 13.1 Å². The lowest BCUT2D eigenvalue weighted by Crippen LogP contribution is -2.47. The first-order valence-corrected chi connectivity index (χ1v) is 9.14. The zero-order valence-electron chi connectivity index (χ0n) is 15.4. The van der Waals surface area contributed by atoms with Crippen LogP contribution in [0.2, 0.25) is 0 Å². The fourth-order valence-electron chi connectivity index (χ4n) is 3.00. The van der Waals surface area contributed by atoms with Gasteiger partial charge in [-0.05, 0) is 25.8 Å². The van der Waals surface area contributed by atoms with Crippen LogP contribution in [0.4, 0.5) is 0 Å². The van der Waals surface area contributed by atoms with E-state index in [-0.39, 0.29) is 0 Å². The minimum atomic E-state index is 0.323. The predicted molar refractivity (Wildman–Crippen MR) is 97.6 cm³/mol. The first-order chi connectivity index (χ1) is 12.2. The van der Waals surface area contributed by atoms with Gasteiger partial charge in [0.25, 0.3) is 0 Å². The Morgan fingerprint density at radius 1 is 1.40 bits per heavy atom. The summed E-state index contributed by atoms with van der Waals surface area (Å²) in [6, 6.07) is 0.323. The Hall–Kier alpha value is -2.38. The van der Waals surface area contributed by atoms with Gasteiger partial charge in [0.15, 0.2) is 11.8 Å². The van der Waals surface area contributed by atoms with Gasteiger partial charge in [-0.25, -0.2) is 9.67 Å². The number of rotatable bonds is 6. The molecule has 1 unspecified atom stereocenters. The Bertz CT molecular complexity index is 714. The quantitative estimate of drug-likeness (QED) is 0.601. The standard InChI is InChI=1S/C17H28N8/c1-4-15-22-16-7-6-14(12-25(16)23-15)21-17(18-5-2)19-8-9-24-11-13(3)10-20-24/h10-11,14H,4-9,12H2,1-3H3,(H2,18,19,21). The number of nitrogens with zero attached hydrogens (tertiary/aromatic N) is 6. The molecule has 0 aliphatic carbocycles. The molecule has 25 heavy (non-hydrogen) atoms. The van der Waals surface area contributed by atoms with E-state index in [1.807, 2.05) is 28.7 Å². The summed E-state index contributed by atoms with van der Waals surface area (Å²) in [7, 11) is 0. The maximum atomic E-state index is 4.68. The van der Waals surface area contributed by atoms with Crippen LogP contribution in [0, 0.1) is 6.92 Å². The summed E-state index contributed by atoms with van der Waals surface area (Å²) in [5.41, 5.74) is 1.17. The molecule has 1 atom stereocenters. The van der Waals surface area contributed by atoms with E-state index in [9.17, 15) is 0 Å². The number of hydrogen-bond acceptors (Lipinski definition) is 4. The molecule has 0 aromatic carbocycles. The highest BCUT2D eigenvalue weighted by molar-refractivity contribution is 5.80. The molecule has 0 saturated heterocycles. The summed E-state index contributed by atoms with van der Waals surface area (Å²) in [6.45, 7) is 9.37. The molecule has 0 radical (unpaired) electrons. The van der Waals surface area contributed by atoms with E-state index in [0.29, 0.717) is 12.6 Å². The van der Waals surface area contributed by atoms with Gasteiger partial charge in [0.05, 0.1) is 25.8 Å². The van der Waals surface area contributed by atoms with Crippen LogP contribution in [0.15, 0.2) is 17.4 Å². The Morgan fingerprint density at radius 2 is 2.28 bits per heavy atom. The lowest BCUT2D eigenvalue weighted by Gasteiger charge is -2.25. The second-order valence-corrected chi connectivity index (χ2v) is 6.40. The van der Waals surface area contributed by atoms with Crippen LogP contribution >= 0.6 is 0 Å². The van der Waals surface area contributed by atoms with Crippen LogP contribution in [-0.2, 0) is 25.9 Å². The van der Waals surface area contributed by atoms with E-state index in [2.05, 4.69) is 44.7 Å². The molecule has 0 fully saturated rings. The van der Waals surface area contributed by atoms with E-state index in [1.54, 1.807) is 0 Å². The fourth-order valence-corrected chi connectivity index (χ4v) is 3.00. The van der Waals surface area contributed by atoms with Crippen LogP contribution in [0.1, 0.15) is 37.5 Å². The molecule has 3 heterocycles. The van der Waals surface area contributed by atoms with Gasteiger partial charge in [0.2, 0.25) is 0 Å². The minimum Gasteiger partial charge on any atom is -0.357 e. The Morgan fingerprint density at radius 3 is 3.00 bits per heavy atom. The third-order valence-corrected chi connectivity index (χ3v) is 4.26. The molecule has 0 bridgehead atoms. The third kappa shape index (κ3) is 4.58. The van der Waals surface area contributed by atoms with E-state index < -0.39 is 0 Å². The molecule has 2 aromatic rings. The van der Waals surface area contributed by atoms with Crippen molar-refractivity contribution in [2.45, 2.75) is 59.2 Å². The van der Waals surface area contributed by atoms with Gasteiger partial charge in [-0.15, -0.1) is 0 Å². The number of hydrogen-bond donors (Lipinski definition) is 2. The van der Waals surface area contributed by atoms with Crippen LogP contribution in [0.3, 0.4) is 0 Å². The highest BCUT2D eigenvalue weighted by Gasteiger charge is 2.21. The fraction of sp³-hybridized carbons (Fsp3) is 0.647. The first kappa shape index (κ1) is 17.4. The lowest BCUT2D eigenvalue weighted by atomic mass is 10.1. The van der Waals surface area contributed by atoms with Crippen molar-refractivity contribution >= 4 is 5.96 Å². The lowest BCUT2D eigenvalue weighted by molar-refractivity contribution is 0.392. The smallest absolute Gasteiger partial charge is 0.191 e. The molecule has 8 nitrogen and oxygen atoms in total. The van der Waals surface area contributed by atoms with Crippen molar-refractivity contribution in [3.8, 4) is 0 Å². The number of aryl methyl sites for hydroxylation is 3. The average Bonchev–Trinajstić information content (AvgIpc) is 3.20. The molecular formula is C17H28N8. The molecule has 1 aliphatic heterocycles. The third-order valence-electron chi connectivity index (χ3n) is 4.26. The SMILES string of the molecule is CCNC(=NCCn1cc(C)cn1)NC1CCc2nc(CC)nn2C1. The first-order valence-electron chi connectivity index (χ1n) is 9.14. The maximum absolute atomic E-state index is 4.68. The normalized spacial score (nSPS) is 17.4. The van der Waals surface area contributed by atoms with Crippen LogP contribution in [0.5, 0.6) is 0 Å². The van der Waals surface area contributed by atoms with Gasteiger partial charge in [-0.2, -0.15) is 10.2 Å². The van der Waals surface area contributed by atoms with Crippen LogP contribution in [0.25, 0.3) is 0 Å². The van der Waals surface area contributed by atoms with Gasteiger partial charge in [0, 0.05) is 31.6 Å². The number of aliphatic imine (C=N–C) groups is 1.